The highest BCUT2D eigenvalue weighted by molar-refractivity contribution is 6.22. The molecular formula is C34H38N4O5. The van der Waals surface area contributed by atoms with Crippen LogP contribution in [-0.4, -0.2) is 90.0 Å². The Balaban J connectivity index is 1.46. The van der Waals surface area contributed by atoms with Gasteiger partial charge in [0.05, 0.1) is 36.2 Å². The third-order valence-electron chi connectivity index (χ3n) is 8.27. The van der Waals surface area contributed by atoms with Crippen LogP contribution in [0.1, 0.15) is 50.2 Å². The number of aromatic nitrogens is 1. The number of aliphatic hydroxyl groups excluding tert-OH is 1. The lowest BCUT2D eigenvalue weighted by atomic mass is 9.78. The van der Waals surface area contributed by atoms with E-state index >= 15 is 0 Å². The first kappa shape index (κ1) is 30.0. The smallest absolute Gasteiger partial charge is 0.338 e. The van der Waals surface area contributed by atoms with Crippen LogP contribution in [-0.2, 0) is 4.74 Å². The summed E-state index contributed by atoms with van der Waals surface area (Å²) in [5.74, 6) is -0.557. The number of rotatable bonds is 8. The van der Waals surface area contributed by atoms with Crippen LogP contribution in [0.5, 0.6) is 5.88 Å². The third kappa shape index (κ3) is 6.18. The average Bonchev–Trinajstić information content (AvgIpc) is 3.33. The van der Waals surface area contributed by atoms with E-state index in [1.165, 1.54) is 7.11 Å². The number of amides is 1. The van der Waals surface area contributed by atoms with E-state index in [0.29, 0.717) is 52.3 Å². The van der Waals surface area contributed by atoms with Crippen molar-refractivity contribution in [1.29, 1.82) is 0 Å². The molecule has 0 radical (unpaired) electrons. The lowest BCUT2D eigenvalue weighted by molar-refractivity contribution is 0.0222. The quantitative estimate of drug-likeness (QED) is 0.201. The molecule has 9 nitrogen and oxygen atoms in total. The minimum atomic E-state index is -0.451. The van der Waals surface area contributed by atoms with Crippen LogP contribution in [0.25, 0.3) is 10.9 Å². The van der Waals surface area contributed by atoms with Gasteiger partial charge in [0.25, 0.3) is 5.91 Å². The van der Waals surface area contributed by atoms with Gasteiger partial charge in [-0.1, -0.05) is 30.3 Å². The van der Waals surface area contributed by atoms with Crippen molar-refractivity contribution in [1.82, 2.24) is 14.8 Å². The summed E-state index contributed by atoms with van der Waals surface area (Å²) in [6, 6.07) is 20.2. The highest BCUT2D eigenvalue weighted by Crippen LogP contribution is 2.34. The first-order chi connectivity index (χ1) is 20.6. The minimum absolute atomic E-state index is 0.0404. The van der Waals surface area contributed by atoms with Crippen molar-refractivity contribution in [3.8, 4) is 5.88 Å². The first-order valence-electron chi connectivity index (χ1n) is 14.4. The zero-order chi connectivity index (χ0) is 30.7. The van der Waals surface area contributed by atoms with E-state index in [-0.39, 0.29) is 23.8 Å². The molecule has 1 aliphatic rings. The van der Waals surface area contributed by atoms with Crippen molar-refractivity contribution < 1.29 is 24.5 Å². The molecule has 1 aromatic heterocycles. The number of esters is 1. The second-order valence-electron chi connectivity index (χ2n) is 11.6. The number of aryl methyl sites for hydroxylation is 1. The largest absolute Gasteiger partial charge is 0.494 e. The second-order valence-corrected chi connectivity index (χ2v) is 11.6. The minimum Gasteiger partial charge on any atom is -0.494 e. The molecular weight excluding hydrogens is 544 g/mol. The fourth-order valence-corrected chi connectivity index (χ4v) is 5.98. The van der Waals surface area contributed by atoms with Gasteiger partial charge in [0, 0.05) is 47.1 Å². The highest BCUT2D eigenvalue weighted by Gasteiger charge is 2.36. The number of fused-ring (bicyclic) bond motifs is 1. The van der Waals surface area contributed by atoms with Crippen molar-refractivity contribution >= 4 is 34.2 Å². The van der Waals surface area contributed by atoms with Crippen molar-refractivity contribution in [3.05, 3.63) is 94.5 Å². The maximum absolute atomic E-state index is 13.3. The van der Waals surface area contributed by atoms with Crippen LogP contribution >= 0.6 is 0 Å². The van der Waals surface area contributed by atoms with Crippen molar-refractivity contribution in [2.24, 2.45) is 10.4 Å². The molecule has 1 aliphatic heterocycles. The SMILES string of the molecule is COC(=O)c1cc2[nH]c(O)c(C(=Nc3ccc(C(=O)N4CCC(CO)(CN(C)C)CC4)cc3)c3ccccc3)c2cc1C. The maximum atomic E-state index is 13.3. The molecule has 43 heavy (non-hydrogen) atoms. The number of piperidine rings is 1. The molecule has 0 spiro atoms. The topological polar surface area (TPSA) is 118 Å². The van der Waals surface area contributed by atoms with Gasteiger partial charge in [0.2, 0.25) is 0 Å². The van der Waals surface area contributed by atoms with Gasteiger partial charge in [-0.05, 0) is 75.8 Å². The number of nitrogens with zero attached hydrogens (tertiary/aromatic N) is 3. The van der Waals surface area contributed by atoms with Crippen LogP contribution in [0.15, 0.2) is 71.7 Å². The number of carbonyl (C=O) groups excluding carboxylic acids is 2. The molecule has 5 rings (SSSR count). The molecule has 3 aromatic carbocycles. The Hall–Kier alpha value is -4.47. The number of hydrogen-bond donors (Lipinski definition) is 3. The molecule has 4 aromatic rings. The number of carbonyl (C=O) groups is 2. The number of hydrogen-bond acceptors (Lipinski definition) is 7. The summed E-state index contributed by atoms with van der Waals surface area (Å²) in [4.78, 5) is 37.5. The monoisotopic (exact) mass is 582 g/mol. The Morgan fingerprint density at radius 3 is 2.30 bits per heavy atom. The molecule has 2 heterocycles. The van der Waals surface area contributed by atoms with Crippen molar-refractivity contribution in [3.63, 3.8) is 0 Å². The van der Waals surface area contributed by atoms with Crippen LogP contribution < -0.4 is 0 Å². The Bertz CT molecular complexity index is 1650. The molecule has 0 aliphatic carbocycles. The first-order valence-corrected chi connectivity index (χ1v) is 14.4. The Morgan fingerprint density at radius 2 is 1.70 bits per heavy atom. The molecule has 1 fully saturated rings. The number of aliphatic hydroxyl groups is 1. The van der Waals surface area contributed by atoms with Crippen LogP contribution in [0.4, 0.5) is 5.69 Å². The molecule has 0 atom stereocenters. The van der Waals surface area contributed by atoms with Crippen LogP contribution in [0, 0.1) is 12.3 Å². The molecule has 1 saturated heterocycles. The summed E-state index contributed by atoms with van der Waals surface area (Å²) in [6.45, 7) is 3.93. The Morgan fingerprint density at radius 1 is 1.02 bits per heavy atom. The second kappa shape index (κ2) is 12.4. The summed E-state index contributed by atoms with van der Waals surface area (Å²) < 4.78 is 4.91. The maximum Gasteiger partial charge on any atom is 0.338 e. The Labute approximate surface area is 251 Å². The number of aromatic hydroxyl groups is 1. The number of likely N-dealkylation sites (tertiary alicyclic amines) is 1. The van der Waals surface area contributed by atoms with E-state index in [4.69, 9.17) is 9.73 Å². The summed E-state index contributed by atoms with van der Waals surface area (Å²) in [5, 5.41) is 21.8. The lowest BCUT2D eigenvalue weighted by Gasteiger charge is -2.42. The van der Waals surface area contributed by atoms with Crippen LogP contribution in [0.2, 0.25) is 0 Å². The van der Waals surface area contributed by atoms with E-state index in [0.717, 1.165) is 30.3 Å². The van der Waals surface area contributed by atoms with E-state index in [2.05, 4.69) is 9.88 Å². The van der Waals surface area contributed by atoms with Crippen molar-refractivity contribution in [2.75, 3.05) is 47.4 Å². The number of benzene rings is 3. The molecule has 0 bridgehead atoms. The summed E-state index contributed by atoms with van der Waals surface area (Å²) >= 11 is 0. The van der Waals surface area contributed by atoms with Crippen LogP contribution in [0.3, 0.4) is 0 Å². The van der Waals surface area contributed by atoms with Gasteiger partial charge in [-0.3, -0.25) is 4.79 Å². The van der Waals surface area contributed by atoms with E-state index in [9.17, 15) is 19.8 Å². The van der Waals surface area contributed by atoms with E-state index < -0.39 is 5.97 Å². The summed E-state index contributed by atoms with van der Waals surface area (Å²) in [5.41, 5.74) is 4.58. The highest BCUT2D eigenvalue weighted by atomic mass is 16.5. The summed E-state index contributed by atoms with van der Waals surface area (Å²) in [7, 11) is 5.34. The molecule has 1 amide bonds. The van der Waals surface area contributed by atoms with Gasteiger partial charge < -0.3 is 29.7 Å². The number of ether oxygens (including phenoxy) is 1. The standard InChI is InChI=1S/C34H38N4O5/c1-22-18-27-28(19-26(22)33(42)43-4)36-31(40)29(27)30(23-8-6-5-7-9-23)35-25-12-10-24(11-13-25)32(41)38-16-14-34(21-39,15-17-38)20-37(2)3/h5-13,18-19,36,39-40H,14-17,20-21H2,1-4H3. The number of aromatic amines is 1. The molecule has 0 saturated carbocycles. The van der Waals surface area contributed by atoms with E-state index in [1.807, 2.05) is 62.3 Å². The molecule has 224 valence electrons. The summed E-state index contributed by atoms with van der Waals surface area (Å²) in [6.07, 6.45) is 1.51. The number of methoxy groups -OCH3 is 1. The van der Waals surface area contributed by atoms with E-state index in [1.54, 1.807) is 30.3 Å². The van der Waals surface area contributed by atoms with Gasteiger partial charge in [-0.2, -0.15) is 0 Å². The fourth-order valence-electron chi connectivity index (χ4n) is 5.98. The predicted octanol–water partition coefficient (Wildman–Crippen LogP) is 4.91. The lowest BCUT2D eigenvalue weighted by Crippen LogP contribution is -2.48. The average molecular weight is 583 g/mol. The van der Waals surface area contributed by atoms with Gasteiger partial charge >= 0.3 is 5.97 Å². The number of nitrogens with one attached hydrogen (secondary N) is 1. The molecule has 0 unspecified atom stereocenters. The Kier molecular flexibility index (Phi) is 8.66. The molecule has 3 N–H and O–H groups in total. The zero-order valence-electron chi connectivity index (χ0n) is 25.1. The fraction of sp³-hybridized carbons (Fsp3) is 0.324. The van der Waals surface area contributed by atoms with Gasteiger partial charge in [0.1, 0.15) is 0 Å². The third-order valence-corrected chi connectivity index (χ3v) is 8.27. The van der Waals surface area contributed by atoms with Crippen molar-refractivity contribution in [2.45, 2.75) is 19.8 Å². The zero-order valence-corrected chi connectivity index (χ0v) is 25.1. The van der Waals surface area contributed by atoms with Gasteiger partial charge in [0.15, 0.2) is 5.88 Å². The number of H-pyrrole nitrogens is 1. The predicted molar refractivity (Wildman–Crippen MR) is 167 cm³/mol. The normalized spacial score (nSPS) is 15.2. The van der Waals surface area contributed by atoms with Gasteiger partial charge in [-0.15, -0.1) is 0 Å². The number of aliphatic imine (C=N–C) groups is 1. The molecule has 9 heteroatoms. The van der Waals surface area contributed by atoms with Gasteiger partial charge in [-0.25, -0.2) is 9.79 Å².